The Kier molecular flexibility index (Phi) is 3.18. The minimum Gasteiger partial charge on any atom is -0.268 e. The van der Waals surface area contributed by atoms with Crippen LogP contribution in [0.2, 0.25) is 0 Å². The molecule has 0 aliphatic carbocycles. The van der Waals surface area contributed by atoms with Crippen molar-refractivity contribution in [3.05, 3.63) is 70.3 Å². The van der Waals surface area contributed by atoms with Crippen molar-refractivity contribution in [1.82, 2.24) is 19.2 Å². The summed E-state index contributed by atoms with van der Waals surface area (Å²) in [4.78, 5) is 12.9. The van der Waals surface area contributed by atoms with E-state index in [2.05, 4.69) is 10.2 Å². The second kappa shape index (κ2) is 5.17. The Morgan fingerprint density at radius 3 is 2.32 bits per heavy atom. The summed E-state index contributed by atoms with van der Waals surface area (Å²) in [5.74, 6) is 0.827. The lowest BCUT2D eigenvalue weighted by Crippen LogP contribution is -2.22. The third-order valence-electron chi connectivity index (χ3n) is 4.04. The van der Waals surface area contributed by atoms with Crippen LogP contribution in [0.4, 0.5) is 13.2 Å². The molecule has 0 bridgehead atoms. The number of aryl methyl sites for hydroxylation is 1. The molecule has 4 aromatic rings. The number of hydrogen-bond acceptors (Lipinski definition) is 3. The van der Waals surface area contributed by atoms with Crippen LogP contribution in [0.25, 0.3) is 22.4 Å². The summed E-state index contributed by atoms with van der Waals surface area (Å²) < 4.78 is 41.3. The van der Waals surface area contributed by atoms with E-state index in [4.69, 9.17) is 0 Å². The van der Waals surface area contributed by atoms with E-state index in [1.54, 1.807) is 35.6 Å². The van der Waals surface area contributed by atoms with E-state index in [0.29, 0.717) is 22.4 Å². The molecule has 0 unspecified atom stereocenters. The molecule has 0 saturated carbocycles. The fourth-order valence-corrected chi connectivity index (χ4v) is 2.87. The number of alkyl halides is 3. The molecule has 0 amide bonds. The van der Waals surface area contributed by atoms with Gasteiger partial charge < -0.3 is 0 Å². The smallest absolute Gasteiger partial charge is 0.268 e. The minimum atomic E-state index is -4.44. The second-order valence-electron chi connectivity index (χ2n) is 5.58. The van der Waals surface area contributed by atoms with Gasteiger partial charge in [-0.25, -0.2) is 4.57 Å². The van der Waals surface area contributed by atoms with Gasteiger partial charge in [-0.2, -0.15) is 13.2 Å². The third kappa shape index (κ3) is 2.29. The first-order valence-electron chi connectivity index (χ1n) is 7.41. The Balaban J connectivity index is 2.07. The van der Waals surface area contributed by atoms with Crippen molar-refractivity contribution >= 4 is 16.7 Å². The van der Waals surface area contributed by atoms with Gasteiger partial charge in [-0.1, -0.05) is 12.1 Å². The molecular weight excluding hydrogens is 333 g/mol. The molecule has 126 valence electrons. The minimum absolute atomic E-state index is 0.251. The van der Waals surface area contributed by atoms with Crippen LogP contribution in [-0.2, 0) is 6.18 Å². The molecule has 0 atom stereocenters. The van der Waals surface area contributed by atoms with Crippen molar-refractivity contribution in [3.63, 3.8) is 0 Å². The first-order valence-corrected chi connectivity index (χ1v) is 7.41. The first-order chi connectivity index (χ1) is 11.9. The first kappa shape index (κ1) is 15.4. The molecule has 0 radical (unpaired) electrons. The molecule has 0 fully saturated rings. The monoisotopic (exact) mass is 344 g/mol. The maximum atomic E-state index is 12.9. The zero-order chi connectivity index (χ0) is 17.8. The highest BCUT2D eigenvalue weighted by Crippen LogP contribution is 2.29. The zero-order valence-corrected chi connectivity index (χ0v) is 12.9. The van der Waals surface area contributed by atoms with Gasteiger partial charge in [0.2, 0.25) is 5.78 Å². The summed E-state index contributed by atoms with van der Waals surface area (Å²) in [6.45, 7) is 1.74. The van der Waals surface area contributed by atoms with Crippen LogP contribution in [-0.4, -0.2) is 19.2 Å². The Labute approximate surface area is 139 Å². The maximum absolute atomic E-state index is 12.9. The number of rotatable bonds is 1. The molecule has 2 aromatic carbocycles. The van der Waals surface area contributed by atoms with Gasteiger partial charge in [0.25, 0.3) is 5.56 Å². The topological polar surface area (TPSA) is 52.2 Å². The maximum Gasteiger partial charge on any atom is 0.416 e. The largest absolute Gasteiger partial charge is 0.416 e. The molecule has 0 aliphatic rings. The van der Waals surface area contributed by atoms with E-state index < -0.39 is 11.7 Å². The van der Waals surface area contributed by atoms with Crippen molar-refractivity contribution in [2.45, 2.75) is 13.1 Å². The average Bonchev–Trinajstić information content (AvgIpc) is 2.96. The fraction of sp³-hybridized carbons (Fsp3) is 0.118. The summed E-state index contributed by atoms with van der Waals surface area (Å²) >= 11 is 0. The Morgan fingerprint density at radius 2 is 1.64 bits per heavy atom. The highest BCUT2D eigenvalue weighted by molar-refractivity contribution is 5.81. The van der Waals surface area contributed by atoms with Crippen LogP contribution in [0.3, 0.4) is 0 Å². The highest BCUT2D eigenvalue weighted by Gasteiger charge is 2.30. The highest BCUT2D eigenvalue weighted by atomic mass is 19.4. The van der Waals surface area contributed by atoms with E-state index in [1.165, 1.54) is 16.7 Å². The van der Waals surface area contributed by atoms with Crippen molar-refractivity contribution < 1.29 is 13.2 Å². The van der Waals surface area contributed by atoms with Gasteiger partial charge in [0.05, 0.1) is 22.2 Å². The quantitative estimate of drug-likeness (QED) is 0.532. The lowest BCUT2D eigenvalue weighted by Gasteiger charge is -2.12. The second-order valence-corrected chi connectivity index (χ2v) is 5.58. The SMILES string of the molecule is Cc1nnc2n(-c3ccc(C(F)(F)F)cc3)c(=O)c3ccccc3n12. The van der Waals surface area contributed by atoms with Gasteiger partial charge in [-0.3, -0.25) is 9.20 Å². The van der Waals surface area contributed by atoms with Crippen LogP contribution in [0.15, 0.2) is 53.3 Å². The summed E-state index contributed by atoms with van der Waals surface area (Å²) in [7, 11) is 0. The van der Waals surface area contributed by atoms with Crippen LogP contribution in [0.5, 0.6) is 0 Å². The molecular formula is C17H11F3N4O. The van der Waals surface area contributed by atoms with Crippen LogP contribution in [0.1, 0.15) is 11.4 Å². The van der Waals surface area contributed by atoms with Crippen molar-refractivity contribution in [1.29, 1.82) is 0 Å². The standard InChI is InChI=1S/C17H11F3N4O/c1-10-21-22-16-23(10)14-5-3-2-4-13(14)15(25)24(16)12-8-6-11(7-9-12)17(18,19)20/h2-9H,1H3. The lowest BCUT2D eigenvalue weighted by molar-refractivity contribution is -0.137. The molecule has 25 heavy (non-hydrogen) atoms. The average molecular weight is 344 g/mol. The van der Waals surface area contributed by atoms with Gasteiger partial charge in [0.15, 0.2) is 0 Å². The van der Waals surface area contributed by atoms with E-state index >= 15 is 0 Å². The molecule has 0 saturated heterocycles. The number of nitrogens with zero attached hydrogens (tertiary/aromatic N) is 4. The summed E-state index contributed by atoms with van der Waals surface area (Å²) in [6, 6.07) is 11.4. The number of hydrogen-bond donors (Lipinski definition) is 0. The van der Waals surface area contributed by atoms with E-state index in [1.807, 2.05) is 0 Å². The van der Waals surface area contributed by atoms with E-state index in [0.717, 1.165) is 12.1 Å². The van der Waals surface area contributed by atoms with E-state index in [9.17, 15) is 18.0 Å². The summed E-state index contributed by atoms with van der Waals surface area (Å²) in [5.41, 5.74) is -0.205. The lowest BCUT2D eigenvalue weighted by atomic mass is 10.2. The van der Waals surface area contributed by atoms with Gasteiger partial charge in [0.1, 0.15) is 5.82 Å². The molecule has 8 heteroatoms. The van der Waals surface area contributed by atoms with Gasteiger partial charge in [0, 0.05) is 0 Å². The van der Waals surface area contributed by atoms with Crippen molar-refractivity contribution in [2.75, 3.05) is 0 Å². The van der Waals surface area contributed by atoms with Gasteiger partial charge in [-0.05, 0) is 43.3 Å². The molecule has 4 rings (SSSR count). The number of fused-ring (bicyclic) bond motifs is 3. The Hall–Kier alpha value is -3.16. The third-order valence-corrected chi connectivity index (χ3v) is 4.04. The van der Waals surface area contributed by atoms with Crippen LogP contribution in [0, 0.1) is 6.92 Å². The van der Waals surface area contributed by atoms with Crippen LogP contribution < -0.4 is 5.56 Å². The Bertz CT molecular complexity index is 1160. The normalized spacial score (nSPS) is 12.2. The van der Waals surface area contributed by atoms with E-state index in [-0.39, 0.29) is 11.3 Å². The number of aromatic nitrogens is 4. The van der Waals surface area contributed by atoms with Gasteiger partial charge in [-0.15, -0.1) is 10.2 Å². The summed E-state index contributed by atoms with van der Waals surface area (Å²) in [5, 5.41) is 8.46. The number of benzene rings is 2. The van der Waals surface area contributed by atoms with Crippen LogP contribution >= 0.6 is 0 Å². The Morgan fingerprint density at radius 1 is 0.960 bits per heavy atom. The number of para-hydroxylation sites is 1. The molecule has 2 heterocycles. The molecule has 0 N–H and O–H groups in total. The predicted molar refractivity (Wildman–Crippen MR) is 85.8 cm³/mol. The van der Waals surface area contributed by atoms with Crippen molar-refractivity contribution in [3.8, 4) is 5.69 Å². The molecule has 0 aliphatic heterocycles. The van der Waals surface area contributed by atoms with Crippen molar-refractivity contribution in [2.24, 2.45) is 0 Å². The number of halogens is 3. The fourth-order valence-electron chi connectivity index (χ4n) is 2.87. The van der Waals surface area contributed by atoms with Gasteiger partial charge >= 0.3 is 6.18 Å². The molecule has 2 aromatic heterocycles. The molecule has 0 spiro atoms. The predicted octanol–water partition coefficient (Wildman–Crippen LogP) is 3.36. The summed E-state index contributed by atoms with van der Waals surface area (Å²) in [6.07, 6.45) is -4.44. The zero-order valence-electron chi connectivity index (χ0n) is 12.9. The molecule has 5 nitrogen and oxygen atoms in total.